The molecule has 0 atom stereocenters. The first-order valence-electron chi connectivity index (χ1n) is 4.39. The number of hydrogen-bond acceptors (Lipinski definition) is 5. The molecule has 0 bridgehead atoms. The Labute approximate surface area is 117 Å². The Morgan fingerprint density at radius 1 is 1.25 bits per heavy atom. The monoisotopic (exact) mass is 253 g/mol. The van der Waals surface area contributed by atoms with Gasteiger partial charge in [-0.15, -0.1) is 0 Å². The molecule has 0 aromatic heterocycles. The normalized spacial score (nSPS) is 10.6. The maximum absolute atomic E-state index is 10.3. The molecule has 84 valence electrons. The van der Waals surface area contributed by atoms with Crippen LogP contribution in [-0.2, 0) is 10.1 Å². The number of nitrogens with two attached hydrogens (primary N) is 1. The van der Waals surface area contributed by atoms with Gasteiger partial charge in [-0.1, -0.05) is 0 Å². The van der Waals surface area contributed by atoms with Gasteiger partial charge in [0.1, 0.15) is 5.75 Å². The first-order valence-corrected chi connectivity index (χ1v) is 5.97. The Hall–Kier alpha value is -0.270. The molecule has 0 spiro atoms. The third-order valence-electron chi connectivity index (χ3n) is 1.69. The van der Waals surface area contributed by atoms with E-state index >= 15 is 0 Å². The number of anilines is 1. The van der Waals surface area contributed by atoms with Crippen LogP contribution in [0.2, 0.25) is 0 Å². The van der Waals surface area contributed by atoms with Crippen molar-refractivity contribution in [2.75, 3.05) is 18.1 Å². The second-order valence-corrected chi connectivity index (χ2v) is 4.56. The Morgan fingerprint density at radius 2 is 1.81 bits per heavy atom. The summed E-state index contributed by atoms with van der Waals surface area (Å²) in [6, 6.07) is 6.72. The van der Waals surface area contributed by atoms with Crippen LogP contribution in [0.1, 0.15) is 6.42 Å². The van der Waals surface area contributed by atoms with Crippen LogP contribution in [0.5, 0.6) is 5.75 Å². The number of nitrogen functional groups attached to an aromatic ring is 1. The first kappa shape index (κ1) is 15.7. The van der Waals surface area contributed by atoms with E-state index in [1.807, 2.05) is 0 Å². The molecular formula is C9H12NNaO4S. The van der Waals surface area contributed by atoms with E-state index in [1.54, 1.807) is 24.3 Å². The molecular weight excluding hydrogens is 241 g/mol. The molecule has 16 heavy (non-hydrogen) atoms. The van der Waals surface area contributed by atoms with Crippen LogP contribution < -0.4 is 40.0 Å². The van der Waals surface area contributed by atoms with Crippen LogP contribution in [0, 0.1) is 0 Å². The number of benzene rings is 1. The van der Waals surface area contributed by atoms with Gasteiger partial charge in [-0.2, -0.15) is 0 Å². The fourth-order valence-corrected chi connectivity index (χ4v) is 1.46. The molecule has 0 fully saturated rings. The average Bonchev–Trinajstić information content (AvgIpc) is 2.14. The van der Waals surface area contributed by atoms with Gasteiger partial charge >= 0.3 is 29.6 Å². The van der Waals surface area contributed by atoms with E-state index in [1.165, 1.54) is 0 Å². The Kier molecular flexibility index (Phi) is 7.01. The summed E-state index contributed by atoms with van der Waals surface area (Å²) in [4.78, 5) is 0. The predicted molar refractivity (Wildman–Crippen MR) is 55.5 cm³/mol. The summed E-state index contributed by atoms with van der Waals surface area (Å²) in [6.45, 7) is 0.200. The third kappa shape index (κ3) is 7.08. The fraction of sp³-hybridized carbons (Fsp3) is 0.333. The topological polar surface area (TPSA) is 92.5 Å². The summed E-state index contributed by atoms with van der Waals surface area (Å²) < 4.78 is 36.0. The van der Waals surface area contributed by atoms with E-state index in [-0.39, 0.29) is 42.6 Å². The minimum atomic E-state index is -4.14. The predicted octanol–water partition coefficient (Wildman–Crippen LogP) is -2.41. The zero-order valence-electron chi connectivity index (χ0n) is 9.05. The summed E-state index contributed by atoms with van der Waals surface area (Å²) in [5.74, 6) is 0.203. The Morgan fingerprint density at radius 3 is 2.31 bits per heavy atom. The van der Waals surface area contributed by atoms with Crippen molar-refractivity contribution in [1.82, 2.24) is 0 Å². The van der Waals surface area contributed by atoms with Crippen molar-refractivity contribution < 1.29 is 47.3 Å². The second-order valence-electron chi connectivity index (χ2n) is 3.03. The van der Waals surface area contributed by atoms with E-state index in [4.69, 9.17) is 10.5 Å². The van der Waals surface area contributed by atoms with E-state index in [9.17, 15) is 13.0 Å². The summed E-state index contributed by atoms with van der Waals surface area (Å²) in [7, 11) is -4.14. The molecule has 0 heterocycles. The van der Waals surface area contributed by atoms with Crippen molar-refractivity contribution in [1.29, 1.82) is 0 Å². The van der Waals surface area contributed by atoms with Gasteiger partial charge in [-0.05, 0) is 30.7 Å². The molecule has 1 rings (SSSR count). The Balaban J connectivity index is 0.00000225. The average molecular weight is 253 g/mol. The molecule has 0 amide bonds. The molecule has 0 radical (unpaired) electrons. The number of ether oxygens (including phenoxy) is 1. The minimum Gasteiger partial charge on any atom is -0.748 e. The van der Waals surface area contributed by atoms with E-state index < -0.39 is 15.9 Å². The molecule has 1 aromatic rings. The van der Waals surface area contributed by atoms with Gasteiger partial charge < -0.3 is 15.0 Å². The van der Waals surface area contributed by atoms with Crippen LogP contribution in [0.25, 0.3) is 0 Å². The molecule has 7 heteroatoms. The molecule has 0 aliphatic carbocycles. The van der Waals surface area contributed by atoms with Gasteiger partial charge in [-0.3, -0.25) is 0 Å². The summed E-state index contributed by atoms with van der Waals surface area (Å²) in [5, 5.41) is 0. The van der Waals surface area contributed by atoms with Crippen LogP contribution in [0.4, 0.5) is 5.69 Å². The number of rotatable bonds is 5. The summed E-state index contributed by atoms with van der Waals surface area (Å²) in [6.07, 6.45) is 0.191. The van der Waals surface area contributed by atoms with E-state index in [0.29, 0.717) is 11.4 Å². The molecule has 1 aromatic carbocycles. The van der Waals surface area contributed by atoms with Crippen molar-refractivity contribution in [2.24, 2.45) is 0 Å². The molecule has 0 unspecified atom stereocenters. The van der Waals surface area contributed by atoms with Crippen LogP contribution in [0.15, 0.2) is 24.3 Å². The van der Waals surface area contributed by atoms with Gasteiger partial charge in [-0.25, -0.2) is 8.42 Å². The quantitative estimate of drug-likeness (QED) is 0.273. The van der Waals surface area contributed by atoms with Gasteiger partial charge in [0.15, 0.2) is 0 Å². The van der Waals surface area contributed by atoms with Crippen molar-refractivity contribution in [3.63, 3.8) is 0 Å². The SMILES string of the molecule is Nc1ccc(OCCCS(=O)(=O)[O-])cc1.[Na+]. The summed E-state index contributed by atoms with van der Waals surface area (Å²) in [5.41, 5.74) is 6.09. The third-order valence-corrected chi connectivity index (χ3v) is 2.48. The van der Waals surface area contributed by atoms with Gasteiger partial charge in [0.2, 0.25) is 0 Å². The molecule has 0 aliphatic rings. The minimum absolute atomic E-state index is 0. The standard InChI is InChI=1S/C9H13NO4S.Na/c10-8-2-4-9(5-3-8)14-6-1-7-15(11,12)13;/h2-5H,1,6-7,10H2,(H,11,12,13);/q;+1/p-1. The van der Waals surface area contributed by atoms with Crippen LogP contribution in [-0.4, -0.2) is 25.3 Å². The largest absolute Gasteiger partial charge is 1.00 e. The van der Waals surface area contributed by atoms with Crippen LogP contribution in [0.3, 0.4) is 0 Å². The molecule has 0 aliphatic heterocycles. The maximum Gasteiger partial charge on any atom is 1.00 e. The Bertz CT molecular complexity index is 404. The smallest absolute Gasteiger partial charge is 0.748 e. The van der Waals surface area contributed by atoms with Crippen molar-refractivity contribution in [3.8, 4) is 5.75 Å². The van der Waals surface area contributed by atoms with Gasteiger partial charge in [0.25, 0.3) is 0 Å². The zero-order valence-corrected chi connectivity index (χ0v) is 11.9. The van der Waals surface area contributed by atoms with Crippen molar-refractivity contribution in [3.05, 3.63) is 24.3 Å². The zero-order chi connectivity index (χ0) is 11.3. The molecule has 0 saturated carbocycles. The summed E-state index contributed by atoms with van der Waals surface area (Å²) >= 11 is 0. The van der Waals surface area contributed by atoms with Crippen LogP contribution >= 0.6 is 0 Å². The second kappa shape index (κ2) is 7.13. The first-order chi connectivity index (χ1) is 6.97. The fourth-order valence-electron chi connectivity index (χ4n) is 0.990. The number of hydrogen-bond donors (Lipinski definition) is 1. The van der Waals surface area contributed by atoms with Crippen molar-refractivity contribution in [2.45, 2.75) is 6.42 Å². The van der Waals surface area contributed by atoms with Gasteiger partial charge in [0.05, 0.1) is 16.7 Å². The molecule has 2 N–H and O–H groups in total. The molecule has 0 saturated heterocycles. The van der Waals surface area contributed by atoms with E-state index in [0.717, 1.165) is 0 Å². The van der Waals surface area contributed by atoms with Gasteiger partial charge in [0, 0.05) is 11.4 Å². The maximum atomic E-state index is 10.3. The van der Waals surface area contributed by atoms with E-state index in [2.05, 4.69) is 0 Å². The van der Waals surface area contributed by atoms with Crippen molar-refractivity contribution >= 4 is 15.8 Å². The molecule has 5 nitrogen and oxygen atoms in total.